The first-order valence-electron chi connectivity index (χ1n) is 7.83. The van der Waals surface area contributed by atoms with Crippen molar-refractivity contribution in [2.45, 2.75) is 18.6 Å². The Labute approximate surface area is 164 Å². The number of nitrogens with one attached hydrogen (secondary N) is 1. The van der Waals surface area contributed by atoms with Gasteiger partial charge in [0.05, 0.1) is 34.4 Å². The summed E-state index contributed by atoms with van der Waals surface area (Å²) in [4.78, 5) is 12.0. The highest BCUT2D eigenvalue weighted by Crippen LogP contribution is 2.41. The lowest BCUT2D eigenvalue weighted by Crippen LogP contribution is -2.30. The van der Waals surface area contributed by atoms with Crippen molar-refractivity contribution in [3.63, 3.8) is 0 Å². The topological polar surface area (TPSA) is 92.1 Å². The molecule has 0 spiro atoms. The summed E-state index contributed by atoms with van der Waals surface area (Å²) in [5.41, 5.74) is 8.12. The molecule has 0 radical (unpaired) electrons. The van der Waals surface area contributed by atoms with Crippen LogP contribution < -0.4 is 11.1 Å². The Bertz CT molecular complexity index is 925. The van der Waals surface area contributed by atoms with Gasteiger partial charge in [-0.05, 0) is 36.8 Å². The van der Waals surface area contributed by atoms with Crippen molar-refractivity contribution in [1.82, 2.24) is 5.32 Å². The molecule has 0 fully saturated rings. The molecule has 1 aliphatic heterocycles. The molecule has 1 aliphatic rings. The first kappa shape index (κ1) is 18.4. The fourth-order valence-corrected chi connectivity index (χ4v) is 4.14. The Kier molecular flexibility index (Phi) is 5.55. The highest BCUT2D eigenvalue weighted by atomic mass is 79.9. The molecule has 0 aliphatic carbocycles. The number of furan rings is 1. The molecule has 1 aromatic heterocycles. The third-order valence-corrected chi connectivity index (χ3v) is 5.65. The Morgan fingerprint density at radius 3 is 2.69 bits per heavy atom. The zero-order chi connectivity index (χ0) is 18.7. The molecular formula is C19H16BrN3O2S. The number of nitrogens with zero attached hydrogens (tertiary/aromatic N) is 1. The van der Waals surface area contributed by atoms with Gasteiger partial charge in [0, 0.05) is 15.9 Å². The van der Waals surface area contributed by atoms with Crippen LogP contribution in [0.1, 0.15) is 24.2 Å². The number of carbonyl (C=O) groups is 1. The molecule has 5 nitrogen and oxygen atoms in total. The van der Waals surface area contributed by atoms with E-state index in [4.69, 9.17) is 10.2 Å². The van der Waals surface area contributed by atoms with Gasteiger partial charge in [0.1, 0.15) is 5.76 Å². The van der Waals surface area contributed by atoms with E-state index < -0.39 is 11.8 Å². The van der Waals surface area contributed by atoms with E-state index in [1.165, 1.54) is 18.0 Å². The molecule has 26 heavy (non-hydrogen) atoms. The number of halogens is 1. The SMILES string of the molecule is CC1=C(C(N)=O)C(c2ccco2)C(C#N)=C(SCc2ccc(Br)cc2)N1. The van der Waals surface area contributed by atoms with Crippen LogP contribution in [0.4, 0.5) is 0 Å². The summed E-state index contributed by atoms with van der Waals surface area (Å²) in [7, 11) is 0. The number of rotatable bonds is 5. The highest BCUT2D eigenvalue weighted by Gasteiger charge is 2.35. The predicted molar refractivity (Wildman–Crippen MR) is 105 cm³/mol. The van der Waals surface area contributed by atoms with Crippen LogP contribution in [0, 0.1) is 11.3 Å². The molecule has 1 atom stereocenters. The average Bonchev–Trinajstić information content (AvgIpc) is 3.14. The van der Waals surface area contributed by atoms with Gasteiger partial charge in [-0.15, -0.1) is 11.8 Å². The molecular weight excluding hydrogens is 414 g/mol. The molecule has 1 unspecified atom stereocenters. The molecule has 1 aromatic carbocycles. The minimum atomic E-state index is -0.596. The van der Waals surface area contributed by atoms with Crippen molar-refractivity contribution in [2.75, 3.05) is 0 Å². The first-order valence-corrected chi connectivity index (χ1v) is 9.61. The van der Waals surface area contributed by atoms with E-state index in [2.05, 4.69) is 27.3 Å². The number of amides is 1. The van der Waals surface area contributed by atoms with Crippen LogP contribution in [-0.2, 0) is 10.5 Å². The molecule has 2 aromatic rings. The van der Waals surface area contributed by atoms with E-state index in [1.54, 1.807) is 19.1 Å². The van der Waals surface area contributed by atoms with Gasteiger partial charge in [-0.1, -0.05) is 28.1 Å². The van der Waals surface area contributed by atoms with Gasteiger partial charge in [0.15, 0.2) is 0 Å². The number of benzene rings is 1. The second kappa shape index (κ2) is 7.85. The second-order valence-electron chi connectivity index (χ2n) is 5.75. The quantitative estimate of drug-likeness (QED) is 0.744. The fraction of sp³-hybridized carbons (Fsp3) is 0.158. The molecule has 7 heteroatoms. The van der Waals surface area contributed by atoms with Gasteiger partial charge >= 0.3 is 0 Å². The number of carbonyl (C=O) groups excluding carboxylic acids is 1. The second-order valence-corrected chi connectivity index (χ2v) is 7.65. The van der Waals surface area contributed by atoms with Gasteiger partial charge in [0.2, 0.25) is 5.91 Å². The molecule has 1 amide bonds. The number of nitrogens with two attached hydrogens (primary N) is 1. The third kappa shape index (κ3) is 3.71. The number of allylic oxidation sites excluding steroid dienone is 2. The summed E-state index contributed by atoms with van der Waals surface area (Å²) in [5, 5.41) is 13.6. The van der Waals surface area contributed by atoms with Crippen molar-refractivity contribution in [2.24, 2.45) is 5.73 Å². The van der Waals surface area contributed by atoms with Crippen LogP contribution >= 0.6 is 27.7 Å². The maximum atomic E-state index is 12.0. The lowest BCUT2D eigenvalue weighted by Gasteiger charge is -2.27. The Morgan fingerprint density at radius 1 is 1.38 bits per heavy atom. The zero-order valence-corrected chi connectivity index (χ0v) is 16.4. The Morgan fingerprint density at radius 2 is 2.12 bits per heavy atom. The molecule has 0 saturated heterocycles. The maximum absolute atomic E-state index is 12.0. The standard InChI is InChI=1S/C19H16BrN3O2S/c1-11-16(18(22)24)17(15-3-2-8-25-15)14(9-21)19(23-11)26-10-12-4-6-13(20)7-5-12/h2-8,17,23H,10H2,1H3,(H2,22,24). The number of primary amides is 1. The van der Waals surface area contributed by atoms with Crippen LogP contribution in [0.25, 0.3) is 0 Å². The molecule has 3 rings (SSSR count). The summed E-state index contributed by atoms with van der Waals surface area (Å²) < 4.78 is 6.50. The average molecular weight is 430 g/mol. The van der Waals surface area contributed by atoms with Crippen molar-refractivity contribution in [3.05, 3.63) is 80.3 Å². The summed E-state index contributed by atoms with van der Waals surface area (Å²) in [6.07, 6.45) is 1.52. The summed E-state index contributed by atoms with van der Waals surface area (Å²) >= 11 is 4.93. The minimum absolute atomic E-state index is 0.351. The zero-order valence-electron chi connectivity index (χ0n) is 14.0. The van der Waals surface area contributed by atoms with Gasteiger partial charge in [-0.2, -0.15) is 5.26 Å². The van der Waals surface area contributed by atoms with Crippen LogP contribution in [0.5, 0.6) is 0 Å². The number of thioether (sulfide) groups is 1. The Hall–Kier alpha value is -2.43. The van der Waals surface area contributed by atoms with E-state index in [1.807, 2.05) is 24.3 Å². The highest BCUT2D eigenvalue weighted by molar-refractivity contribution is 9.10. The normalized spacial score (nSPS) is 17.0. The first-order chi connectivity index (χ1) is 12.5. The van der Waals surface area contributed by atoms with Crippen LogP contribution in [0.3, 0.4) is 0 Å². The number of dihydropyridines is 1. The van der Waals surface area contributed by atoms with Gasteiger partial charge in [0.25, 0.3) is 0 Å². The number of nitriles is 1. The largest absolute Gasteiger partial charge is 0.468 e. The van der Waals surface area contributed by atoms with Crippen LogP contribution in [-0.4, -0.2) is 5.91 Å². The molecule has 3 N–H and O–H groups in total. The van der Waals surface area contributed by atoms with E-state index in [0.29, 0.717) is 33.4 Å². The summed E-state index contributed by atoms with van der Waals surface area (Å²) in [5.74, 6) is 0.0467. The fourth-order valence-electron chi connectivity index (χ4n) is 2.83. The lowest BCUT2D eigenvalue weighted by molar-refractivity contribution is -0.114. The van der Waals surface area contributed by atoms with Gasteiger partial charge in [-0.3, -0.25) is 4.79 Å². The third-order valence-electron chi connectivity index (χ3n) is 4.04. The van der Waals surface area contributed by atoms with E-state index in [0.717, 1.165) is 10.0 Å². The van der Waals surface area contributed by atoms with E-state index in [-0.39, 0.29) is 0 Å². The summed E-state index contributed by atoms with van der Waals surface area (Å²) in [6.45, 7) is 1.78. The summed E-state index contributed by atoms with van der Waals surface area (Å²) in [6, 6.07) is 13.7. The van der Waals surface area contributed by atoms with Crippen LogP contribution in [0.15, 0.2) is 73.4 Å². The Balaban J connectivity index is 1.95. The van der Waals surface area contributed by atoms with Gasteiger partial charge in [-0.25, -0.2) is 0 Å². The predicted octanol–water partition coefficient (Wildman–Crippen LogP) is 4.16. The van der Waals surface area contributed by atoms with Gasteiger partial charge < -0.3 is 15.5 Å². The van der Waals surface area contributed by atoms with E-state index in [9.17, 15) is 10.1 Å². The maximum Gasteiger partial charge on any atom is 0.247 e. The minimum Gasteiger partial charge on any atom is -0.468 e. The molecule has 2 heterocycles. The van der Waals surface area contributed by atoms with Crippen molar-refractivity contribution in [3.8, 4) is 6.07 Å². The lowest BCUT2D eigenvalue weighted by atomic mass is 9.86. The van der Waals surface area contributed by atoms with Crippen molar-refractivity contribution >= 4 is 33.6 Å². The molecule has 0 saturated carbocycles. The van der Waals surface area contributed by atoms with Crippen LogP contribution in [0.2, 0.25) is 0 Å². The van der Waals surface area contributed by atoms with Crippen molar-refractivity contribution in [1.29, 1.82) is 5.26 Å². The number of hydrogen-bond acceptors (Lipinski definition) is 5. The van der Waals surface area contributed by atoms with Crippen molar-refractivity contribution < 1.29 is 9.21 Å². The monoisotopic (exact) mass is 429 g/mol. The smallest absolute Gasteiger partial charge is 0.247 e. The van der Waals surface area contributed by atoms with E-state index >= 15 is 0 Å². The molecule has 0 bridgehead atoms. The molecule has 132 valence electrons. The number of hydrogen-bond donors (Lipinski definition) is 2.